The van der Waals surface area contributed by atoms with Gasteiger partial charge in [-0.2, -0.15) is 5.10 Å². The summed E-state index contributed by atoms with van der Waals surface area (Å²) in [6.07, 6.45) is 6.29. The monoisotopic (exact) mass is 414 g/mol. The molecule has 27 heavy (non-hydrogen) atoms. The van der Waals surface area contributed by atoms with Crippen molar-refractivity contribution in [3.05, 3.63) is 12.0 Å². The number of aryl methyl sites for hydroxylation is 1. The van der Waals surface area contributed by atoms with Gasteiger partial charge in [-0.3, -0.25) is 0 Å². The number of halogens is 2. The van der Waals surface area contributed by atoms with Gasteiger partial charge in [0, 0.05) is 25.7 Å². The molecule has 0 aromatic carbocycles. The summed E-state index contributed by atoms with van der Waals surface area (Å²) in [5, 5.41) is 9.77. The van der Waals surface area contributed by atoms with E-state index in [1.807, 2.05) is 0 Å². The van der Waals surface area contributed by atoms with Crippen LogP contribution < -0.4 is 10.2 Å². The van der Waals surface area contributed by atoms with E-state index in [-0.39, 0.29) is 24.8 Å². The van der Waals surface area contributed by atoms with Crippen LogP contribution in [0.4, 0.5) is 5.82 Å². The molecule has 2 aliphatic rings. The standard InChI is InChI=1S/C19H30N6.2ClH/c1-4-5-8-25-19-17(15(23-25)9-13(2)3)18(21-12-22-19)24-10-14-6-7-20-16(14)11-24;;/h12-14,16,20H,4-11H2,1-3H3;2*1H/t14-,16+;;/m0../s1. The first kappa shape index (κ1) is 22.2. The number of nitrogens with zero attached hydrogens (tertiary/aromatic N) is 5. The number of hydrogen-bond donors (Lipinski definition) is 1. The van der Waals surface area contributed by atoms with Crippen LogP contribution >= 0.6 is 24.8 Å². The van der Waals surface area contributed by atoms with Crippen LogP contribution in [0.25, 0.3) is 11.0 Å². The number of hydrogen-bond acceptors (Lipinski definition) is 5. The average molecular weight is 415 g/mol. The molecule has 0 spiro atoms. The third-order valence-electron chi connectivity index (χ3n) is 5.57. The first-order chi connectivity index (χ1) is 12.2. The first-order valence-corrected chi connectivity index (χ1v) is 9.86. The van der Waals surface area contributed by atoms with Crippen molar-refractivity contribution in [2.75, 3.05) is 24.5 Å². The summed E-state index contributed by atoms with van der Waals surface area (Å²) in [6.45, 7) is 11.0. The molecule has 0 saturated carbocycles. The average Bonchev–Trinajstić information content (AvgIpc) is 3.26. The molecule has 2 aromatic heterocycles. The first-order valence-electron chi connectivity index (χ1n) is 9.86. The minimum absolute atomic E-state index is 0. The zero-order valence-electron chi connectivity index (χ0n) is 16.5. The van der Waals surface area contributed by atoms with Gasteiger partial charge in [0.2, 0.25) is 0 Å². The largest absolute Gasteiger partial charge is 0.354 e. The maximum atomic E-state index is 4.94. The highest BCUT2D eigenvalue weighted by Gasteiger charge is 2.37. The van der Waals surface area contributed by atoms with Gasteiger partial charge in [0.15, 0.2) is 5.65 Å². The molecule has 8 heteroatoms. The Bertz CT molecular complexity index is 735. The molecule has 0 bridgehead atoms. The van der Waals surface area contributed by atoms with Crippen molar-refractivity contribution in [2.45, 2.75) is 59.0 Å². The molecule has 6 nitrogen and oxygen atoms in total. The summed E-state index contributed by atoms with van der Waals surface area (Å²) in [4.78, 5) is 11.8. The lowest BCUT2D eigenvalue weighted by Crippen LogP contribution is -2.30. The number of rotatable bonds is 6. The Labute approximate surface area is 174 Å². The molecule has 4 rings (SSSR count). The fourth-order valence-corrected chi connectivity index (χ4v) is 4.32. The predicted molar refractivity (Wildman–Crippen MR) is 115 cm³/mol. The molecule has 0 amide bonds. The van der Waals surface area contributed by atoms with E-state index in [1.54, 1.807) is 6.33 Å². The molecule has 4 heterocycles. The Kier molecular flexibility index (Phi) is 7.72. The van der Waals surface area contributed by atoms with E-state index in [9.17, 15) is 0 Å². The highest BCUT2D eigenvalue weighted by Crippen LogP contribution is 2.33. The highest BCUT2D eigenvalue weighted by molar-refractivity contribution is 5.90. The number of aromatic nitrogens is 4. The van der Waals surface area contributed by atoms with Crippen molar-refractivity contribution in [3.63, 3.8) is 0 Å². The predicted octanol–water partition coefficient (Wildman–Crippen LogP) is 3.47. The summed E-state index contributed by atoms with van der Waals surface area (Å²) < 4.78 is 2.11. The van der Waals surface area contributed by atoms with Gasteiger partial charge in [-0.05, 0) is 37.6 Å². The maximum Gasteiger partial charge on any atom is 0.163 e. The molecule has 2 aliphatic heterocycles. The van der Waals surface area contributed by atoms with Crippen LogP contribution in [-0.2, 0) is 13.0 Å². The van der Waals surface area contributed by atoms with Gasteiger partial charge < -0.3 is 10.2 Å². The maximum absolute atomic E-state index is 4.94. The van der Waals surface area contributed by atoms with E-state index < -0.39 is 0 Å². The molecule has 152 valence electrons. The van der Waals surface area contributed by atoms with Crippen LogP contribution in [0.15, 0.2) is 6.33 Å². The number of anilines is 1. The van der Waals surface area contributed by atoms with Crippen LogP contribution in [0.2, 0.25) is 0 Å². The van der Waals surface area contributed by atoms with Crippen molar-refractivity contribution in [2.24, 2.45) is 11.8 Å². The summed E-state index contributed by atoms with van der Waals surface area (Å²) in [6, 6.07) is 0.619. The van der Waals surface area contributed by atoms with Crippen molar-refractivity contribution in [1.82, 2.24) is 25.1 Å². The lowest BCUT2D eigenvalue weighted by molar-refractivity contribution is 0.556. The topological polar surface area (TPSA) is 58.9 Å². The normalized spacial score (nSPS) is 21.4. The highest BCUT2D eigenvalue weighted by atomic mass is 35.5. The molecule has 0 radical (unpaired) electrons. The zero-order valence-corrected chi connectivity index (χ0v) is 18.2. The second kappa shape index (κ2) is 9.39. The van der Waals surface area contributed by atoms with Crippen LogP contribution in [-0.4, -0.2) is 45.4 Å². The van der Waals surface area contributed by atoms with Gasteiger partial charge in [0.25, 0.3) is 0 Å². The van der Waals surface area contributed by atoms with Gasteiger partial charge in [-0.15, -0.1) is 24.8 Å². The zero-order chi connectivity index (χ0) is 17.4. The number of nitrogens with one attached hydrogen (secondary N) is 1. The minimum Gasteiger partial charge on any atom is -0.354 e. The van der Waals surface area contributed by atoms with Gasteiger partial charge in [-0.1, -0.05) is 27.2 Å². The Morgan fingerprint density at radius 1 is 1.22 bits per heavy atom. The van der Waals surface area contributed by atoms with Crippen molar-refractivity contribution < 1.29 is 0 Å². The second-order valence-corrected chi connectivity index (χ2v) is 8.03. The van der Waals surface area contributed by atoms with E-state index in [2.05, 4.69) is 40.7 Å². The van der Waals surface area contributed by atoms with E-state index in [0.29, 0.717) is 12.0 Å². The molecule has 0 unspecified atom stereocenters. The Balaban J connectivity index is 0.00000131. The summed E-state index contributed by atoms with van der Waals surface area (Å²) >= 11 is 0. The van der Waals surface area contributed by atoms with Crippen LogP contribution in [0.1, 0.15) is 45.7 Å². The Morgan fingerprint density at radius 3 is 2.74 bits per heavy atom. The van der Waals surface area contributed by atoms with Crippen molar-refractivity contribution in [3.8, 4) is 0 Å². The van der Waals surface area contributed by atoms with E-state index in [1.165, 1.54) is 23.9 Å². The molecule has 0 aliphatic carbocycles. The van der Waals surface area contributed by atoms with Crippen LogP contribution in [0.5, 0.6) is 0 Å². The third kappa shape index (κ3) is 4.33. The quantitative estimate of drug-likeness (QED) is 0.783. The van der Waals surface area contributed by atoms with E-state index >= 15 is 0 Å². The fraction of sp³-hybridized carbons (Fsp3) is 0.737. The van der Waals surface area contributed by atoms with Gasteiger partial charge in [-0.25, -0.2) is 14.6 Å². The second-order valence-electron chi connectivity index (χ2n) is 8.03. The van der Waals surface area contributed by atoms with Crippen LogP contribution in [0.3, 0.4) is 0 Å². The Morgan fingerprint density at radius 2 is 2.04 bits per heavy atom. The number of unbranched alkanes of at least 4 members (excludes halogenated alkanes) is 1. The fourth-order valence-electron chi connectivity index (χ4n) is 4.32. The van der Waals surface area contributed by atoms with Crippen molar-refractivity contribution >= 4 is 41.7 Å². The van der Waals surface area contributed by atoms with Crippen LogP contribution in [0, 0.1) is 11.8 Å². The van der Waals surface area contributed by atoms with E-state index in [0.717, 1.165) is 56.4 Å². The summed E-state index contributed by atoms with van der Waals surface area (Å²) in [7, 11) is 0. The lowest BCUT2D eigenvalue weighted by Gasteiger charge is -2.19. The molecule has 1 N–H and O–H groups in total. The number of fused-ring (bicyclic) bond motifs is 2. The van der Waals surface area contributed by atoms with Gasteiger partial charge >= 0.3 is 0 Å². The summed E-state index contributed by atoms with van der Waals surface area (Å²) in [5.41, 5.74) is 2.18. The SMILES string of the molecule is CCCCn1nc(CC(C)C)c2c(N3C[C@@H]4CCN[C@@H]4C3)ncnc21.Cl.Cl. The van der Waals surface area contributed by atoms with E-state index in [4.69, 9.17) is 10.1 Å². The minimum atomic E-state index is 0. The van der Waals surface area contributed by atoms with Gasteiger partial charge in [0.05, 0.1) is 11.1 Å². The third-order valence-corrected chi connectivity index (χ3v) is 5.57. The smallest absolute Gasteiger partial charge is 0.163 e. The molecule has 2 saturated heterocycles. The molecular weight excluding hydrogens is 383 g/mol. The molecule has 2 fully saturated rings. The van der Waals surface area contributed by atoms with Gasteiger partial charge in [0.1, 0.15) is 12.1 Å². The Hall–Kier alpha value is -1.11. The van der Waals surface area contributed by atoms with Crippen molar-refractivity contribution in [1.29, 1.82) is 0 Å². The molecular formula is C19H32Cl2N6. The lowest BCUT2D eigenvalue weighted by atomic mass is 10.1. The molecule has 2 aromatic rings. The molecule has 2 atom stereocenters. The summed E-state index contributed by atoms with van der Waals surface area (Å²) in [5.74, 6) is 2.43.